The molecule has 2 aromatic heterocycles. The van der Waals surface area contributed by atoms with Gasteiger partial charge in [0.2, 0.25) is 5.91 Å². The van der Waals surface area contributed by atoms with Crippen LogP contribution in [-0.2, 0) is 11.2 Å². The molecule has 2 aromatic carbocycles. The summed E-state index contributed by atoms with van der Waals surface area (Å²) < 4.78 is 1.78. The first-order valence-corrected chi connectivity index (χ1v) is 10.2. The summed E-state index contributed by atoms with van der Waals surface area (Å²) in [5.74, 6) is 0.486. The molecule has 4 aromatic rings. The smallest absolute Gasteiger partial charge is 0.237 e. The maximum atomic E-state index is 12.7. The molecule has 0 radical (unpaired) electrons. The molecule has 138 valence electrons. The lowest BCUT2D eigenvalue weighted by atomic mass is 10.2. The summed E-state index contributed by atoms with van der Waals surface area (Å²) in [5.41, 5.74) is 5.03. The number of thioether (sulfide) groups is 1. The van der Waals surface area contributed by atoms with Crippen molar-refractivity contribution in [3.63, 3.8) is 0 Å². The zero-order chi connectivity index (χ0) is 18.9. The topological polar surface area (TPSA) is 50.5 Å². The van der Waals surface area contributed by atoms with Gasteiger partial charge in [0.1, 0.15) is 5.03 Å². The Morgan fingerprint density at radius 2 is 1.82 bits per heavy atom. The lowest BCUT2D eigenvalue weighted by Gasteiger charge is -2.16. The van der Waals surface area contributed by atoms with Gasteiger partial charge in [-0.2, -0.15) is 5.10 Å². The van der Waals surface area contributed by atoms with Crippen molar-refractivity contribution in [2.75, 3.05) is 17.2 Å². The third-order valence-electron chi connectivity index (χ3n) is 4.90. The SMILES string of the molecule is O=C(CSc1ccc2nc(-c3ccccc3)cn2n1)N1CCc2ccccc21. The number of benzene rings is 2. The molecule has 6 heteroatoms. The summed E-state index contributed by atoms with van der Waals surface area (Å²) in [6.45, 7) is 0.757. The normalized spacial score (nSPS) is 13.1. The summed E-state index contributed by atoms with van der Waals surface area (Å²) in [5, 5.41) is 5.42. The summed E-state index contributed by atoms with van der Waals surface area (Å²) >= 11 is 1.46. The van der Waals surface area contributed by atoms with Crippen LogP contribution in [0.2, 0.25) is 0 Å². The van der Waals surface area contributed by atoms with Gasteiger partial charge in [0.15, 0.2) is 5.65 Å². The predicted molar refractivity (Wildman–Crippen MR) is 112 cm³/mol. The van der Waals surface area contributed by atoms with Crippen LogP contribution >= 0.6 is 11.8 Å². The molecule has 1 aliphatic heterocycles. The monoisotopic (exact) mass is 386 g/mol. The van der Waals surface area contributed by atoms with Crippen molar-refractivity contribution >= 4 is 29.0 Å². The average molecular weight is 386 g/mol. The molecular formula is C22H18N4OS. The molecule has 0 aliphatic carbocycles. The Labute approximate surface area is 167 Å². The minimum absolute atomic E-state index is 0.118. The molecule has 1 aliphatic rings. The van der Waals surface area contributed by atoms with Crippen LogP contribution in [0.15, 0.2) is 78.0 Å². The minimum atomic E-state index is 0.118. The molecule has 5 rings (SSSR count). The maximum absolute atomic E-state index is 12.7. The van der Waals surface area contributed by atoms with E-state index in [1.807, 2.05) is 71.8 Å². The molecule has 0 atom stereocenters. The van der Waals surface area contributed by atoms with Crippen LogP contribution in [0.3, 0.4) is 0 Å². The van der Waals surface area contributed by atoms with E-state index in [9.17, 15) is 4.79 Å². The van der Waals surface area contributed by atoms with E-state index in [4.69, 9.17) is 0 Å². The summed E-state index contributed by atoms with van der Waals surface area (Å²) in [6, 6.07) is 22.0. The van der Waals surface area contributed by atoms with E-state index in [-0.39, 0.29) is 5.91 Å². The van der Waals surface area contributed by atoms with Crippen LogP contribution in [0.4, 0.5) is 5.69 Å². The predicted octanol–water partition coefficient (Wildman–Crippen LogP) is 4.08. The van der Waals surface area contributed by atoms with E-state index in [1.165, 1.54) is 17.3 Å². The second-order valence-electron chi connectivity index (χ2n) is 6.68. The second-order valence-corrected chi connectivity index (χ2v) is 7.67. The van der Waals surface area contributed by atoms with Crippen molar-refractivity contribution in [1.82, 2.24) is 14.6 Å². The standard InChI is InChI=1S/C22H18N4OS/c27-22(25-13-12-17-8-4-5-9-19(17)25)15-28-21-11-10-20-23-18(14-26(20)24-21)16-6-2-1-3-7-16/h1-11,14H,12-13,15H2. The van der Waals surface area contributed by atoms with Crippen LogP contribution in [0.1, 0.15) is 5.56 Å². The molecule has 0 saturated carbocycles. The lowest BCUT2D eigenvalue weighted by molar-refractivity contribution is -0.116. The van der Waals surface area contributed by atoms with Crippen molar-refractivity contribution in [3.05, 3.63) is 78.5 Å². The van der Waals surface area contributed by atoms with Gasteiger partial charge in [-0.1, -0.05) is 60.3 Å². The fourth-order valence-corrected chi connectivity index (χ4v) is 4.24. The van der Waals surface area contributed by atoms with Crippen LogP contribution in [0, 0.1) is 0 Å². The zero-order valence-corrected chi connectivity index (χ0v) is 16.0. The minimum Gasteiger partial charge on any atom is -0.311 e. The molecule has 3 heterocycles. The fourth-order valence-electron chi connectivity index (χ4n) is 3.50. The van der Waals surface area contributed by atoms with Crippen LogP contribution < -0.4 is 4.90 Å². The van der Waals surface area contributed by atoms with Gasteiger partial charge in [-0.25, -0.2) is 9.50 Å². The van der Waals surface area contributed by atoms with Crippen LogP contribution in [-0.4, -0.2) is 32.8 Å². The van der Waals surface area contributed by atoms with Gasteiger partial charge >= 0.3 is 0 Å². The van der Waals surface area contributed by atoms with Crippen LogP contribution in [0.5, 0.6) is 0 Å². The van der Waals surface area contributed by atoms with Gasteiger partial charge in [-0.05, 0) is 30.2 Å². The van der Waals surface area contributed by atoms with E-state index in [0.717, 1.165) is 40.6 Å². The first-order chi connectivity index (χ1) is 13.8. The summed E-state index contributed by atoms with van der Waals surface area (Å²) in [6.07, 6.45) is 2.85. The Hall–Kier alpha value is -3.12. The number of imidazole rings is 1. The van der Waals surface area contributed by atoms with Gasteiger partial charge in [0, 0.05) is 17.8 Å². The van der Waals surface area contributed by atoms with Gasteiger partial charge in [0.25, 0.3) is 0 Å². The van der Waals surface area contributed by atoms with Gasteiger partial charge < -0.3 is 4.90 Å². The molecular weight excluding hydrogens is 368 g/mol. The van der Waals surface area contributed by atoms with E-state index in [1.54, 1.807) is 4.52 Å². The summed E-state index contributed by atoms with van der Waals surface area (Å²) in [7, 11) is 0. The van der Waals surface area contributed by atoms with Gasteiger partial charge in [0.05, 0.1) is 17.6 Å². The highest BCUT2D eigenvalue weighted by atomic mass is 32.2. The second kappa shape index (κ2) is 7.13. The highest BCUT2D eigenvalue weighted by Gasteiger charge is 2.24. The highest BCUT2D eigenvalue weighted by Crippen LogP contribution is 2.28. The van der Waals surface area contributed by atoms with E-state index < -0.39 is 0 Å². The number of carbonyl (C=O) groups excluding carboxylic acids is 1. The third kappa shape index (κ3) is 3.16. The van der Waals surface area contributed by atoms with E-state index >= 15 is 0 Å². The Morgan fingerprint density at radius 3 is 2.71 bits per heavy atom. The highest BCUT2D eigenvalue weighted by molar-refractivity contribution is 7.99. The molecule has 0 N–H and O–H groups in total. The number of amides is 1. The van der Waals surface area contributed by atoms with Crippen molar-refractivity contribution in [2.24, 2.45) is 0 Å². The van der Waals surface area contributed by atoms with E-state index in [2.05, 4.69) is 16.1 Å². The number of anilines is 1. The Kier molecular flexibility index (Phi) is 4.33. The molecule has 0 fully saturated rings. The van der Waals surface area contributed by atoms with Crippen LogP contribution in [0.25, 0.3) is 16.9 Å². The Balaban J connectivity index is 1.31. The number of hydrogen-bond donors (Lipinski definition) is 0. The fraction of sp³-hybridized carbons (Fsp3) is 0.136. The van der Waals surface area contributed by atoms with Crippen molar-refractivity contribution in [3.8, 4) is 11.3 Å². The Bertz CT molecular complexity index is 1160. The first-order valence-electron chi connectivity index (χ1n) is 9.21. The molecule has 0 spiro atoms. The molecule has 0 saturated heterocycles. The van der Waals surface area contributed by atoms with Crippen molar-refractivity contribution < 1.29 is 4.79 Å². The number of hydrogen-bond acceptors (Lipinski definition) is 4. The van der Waals surface area contributed by atoms with Gasteiger partial charge in [-0.3, -0.25) is 4.79 Å². The lowest BCUT2D eigenvalue weighted by Crippen LogP contribution is -2.30. The number of rotatable bonds is 4. The average Bonchev–Trinajstić information content (AvgIpc) is 3.36. The number of aromatic nitrogens is 3. The number of fused-ring (bicyclic) bond motifs is 2. The number of carbonyl (C=O) groups is 1. The zero-order valence-electron chi connectivity index (χ0n) is 15.2. The Morgan fingerprint density at radius 1 is 1.00 bits per heavy atom. The maximum Gasteiger partial charge on any atom is 0.237 e. The molecule has 0 bridgehead atoms. The van der Waals surface area contributed by atoms with E-state index in [0.29, 0.717) is 5.75 Å². The van der Waals surface area contributed by atoms with Gasteiger partial charge in [-0.15, -0.1) is 0 Å². The van der Waals surface area contributed by atoms with Crippen molar-refractivity contribution in [2.45, 2.75) is 11.4 Å². The first kappa shape index (κ1) is 17.0. The molecule has 5 nitrogen and oxygen atoms in total. The molecule has 0 unspecified atom stereocenters. The third-order valence-corrected chi connectivity index (χ3v) is 5.80. The molecule has 1 amide bonds. The quantitative estimate of drug-likeness (QED) is 0.496. The van der Waals surface area contributed by atoms with Crippen molar-refractivity contribution in [1.29, 1.82) is 0 Å². The largest absolute Gasteiger partial charge is 0.311 e. The number of para-hydroxylation sites is 1. The molecule has 28 heavy (non-hydrogen) atoms. The number of nitrogens with zero attached hydrogens (tertiary/aromatic N) is 4. The summed E-state index contributed by atoms with van der Waals surface area (Å²) in [4.78, 5) is 19.2.